The van der Waals surface area contributed by atoms with Gasteiger partial charge >= 0.3 is 0 Å². The van der Waals surface area contributed by atoms with E-state index in [0.717, 1.165) is 23.7 Å². The van der Waals surface area contributed by atoms with E-state index in [2.05, 4.69) is 16.5 Å². The Labute approximate surface area is 112 Å². The average molecular weight is 258 g/mol. The minimum absolute atomic E-state index is 0.418. The third kappa shape index (κ3) is 3.35. The number of benzene rings is 1. The van der Waals surface area contributed by atoms with Crippen LogP contribution in [-0.4, -0.2) is 11.2 Å². The van der Waals surface area contributed by atoms with Crippen LogP contribution in [0.3, 0.4) is 0 Å². The highest BCUT2D eigenvalue weighted by atomic mass is 16.5. The summed E-state index contributed by atoms with van der Waals surface area (Å²) >= 11 is 0. The molecule has 1 heterocycles. The van der Waals surface area contributed by atoms with Crippen LogP contribution in [0, 0.1) is 6.92 Å². The molecule has 1 aromatic heterocycles. The van der Waals surface area contributed by atoms with Crippen molar-refractivity contribution in [1.82, 2.24) is 10.5 Å². The number of aryl methyl sites for hydroxylation is 1. The molecule has 1 N–H and O–H groups in total. The van der Waals surface area contributed by atoms with E-state index in [9.17, 15) is 0 Å². The van der Waals surface area contributed by atoms with Gasteiger partial charge in [0.25, 0.3) is 0 Å². The summed E-state index contributed by atoms with van der Waals surface area (Å²) in [6.07, 6.45) is 2.58. The second kappa shape index (κ2) is 5.45. The van der Waals surface area contributed by atoms with E-state index in [1.807, 2.05) is 31.2 Å². The number of nitrogens with zero attached hydrogens (tertiary/aromatic N) is 1. The first kappa shape index (κ1) is 12.2. The van der Waals surface area contributed by atoms with Crippen molar-refractivity contribution in [2.75, 3.05) is 0 Å². The molecule has 0 spiro atoms. The van der Waals surface area contributed by atoms with Crippen LogP contribution in [-0.2, 0) is 13.2 Å². The van der Waals surface area contributed by atoms with Crippen molar-refractivity contribution >= 4 is 0 Å². The molecular formula is C15H18N2O2. The Bertz CT molecular complexity index is 547. The Balaban J connectivity index is 1.62. The number of nitrogens with one attached hydrogen (secondary N) is 1. The van der Waals surface area contributed by atoms with E-state index in [4.69, 9.17) is 9.26 Å². The molecule has 0 saturated heterocycles. The van der Waals surface area contributed by atoms with Gasteiger partial charge in [-0.15, -0.1) is 0 Å². The molecule has 0 radical (unpaired) electrons. The molecule has 1 aromatic carbocycles. The smallest absolute Gasteiger partial charge is 0.174 e. The monoisotopic (exact) mass is 258 g/mol. The fourth-order valence-corrected chi connectivity index (χ4v) is 1.97. The maximum absolute atomic E-state index is 5.82. The largest absolute Gasteiger partial charge is 0.485 e. The predicted octanol–water partition coefficient (Wildman–Crippen LogP) is 2.81. The normalized spacial score (nSPS) is 14.6. The number of hydrogen-bond acceptors (Lipinski definition) is 4. The lowest BCUT2D eigenvalue weighted by atomic mass is 10.2. The van der Waals surface area contributed by atoms with Crippen molar-refractivity contribution in [2.24, 2.45) is 0 Å². The summed E-state index contributed by atoms with van der Waals surface area (Å²) in [6.45, 7) is 3.18. The molecule has 3 rings (SSSR count). The molecule has 0 bridgehead atoms. The van der Waals surface area contributed by atoms with Crippen molar-refractivity contribution < 1.29 is 9.26 Å². The van der Waals surface area contributed by atoms with E-state index in [-0.39, 0.29) is 0 Å². The fraction of sp³-hybridized carbons (Fsp3) is 0.400. The summed E-state index contributed by atoms with van der Waals surface area (Å²) in [7, 11) is 0. The zero-order valence-corrected chi connectivity index (χ0v) is 11.1. The van der Waals surface area contributed by atoms with Crippen LogP contribution >= 0.6 is 0 Å². The first-order valence-electron chi connectivity index (χ1n) is 6.67. The molecule has 0 aliphatic heterocycles. The molecule has 0 unspecified atom stereocenters. The molecule has 19 heavy (non-hydrogen) atoms. The van der Waals surface area contributed by atoms with Crippen LogP contribution in [0.25, 0.3) is 0 Å². The van der Waals surface area contributed by atoms with Gasteiger partial charge in [-0.2, -0.15) is 0 Å². The van der Waals surface area contributed by atoms with Crippen LogP contribution in [0.4, 0.5) is 0 Å². The highest BCUT2D eigenvalue weighted by Crippen LogP contribution is 2.23. The molecule has 2 aromatic rings. The molecule has 1 aliphatic carbocycles. The second-order valence-corrected chi connectivity index (χ2v) is 4.99. The van der Waals surface area contributed by atoms with Gasteiger partial charge in [0.1, 0.15) is 12.4 Å². The Morgan fingerprint density at radius 1 is 1.37 bits per heavy atom. The molecule has 1 fully saturated rings. The first-order valence-corrected chi connectivity index (χ1v) is 6.67. The van der Waals surface area contributed by atoms with Crippen molar-refractivity contribution in [1.29, 1.82) is 0 Å². The standard InChI is InChI=1S/C15H18N2O2/c1-11-8-14(19-17-11)10-18-15-5-3-2-4-12(15)9-16-13-6-7-13/h2-5,8,13,16H,6-7,9-10H2,1H3. The van der Waals surface area contributed by atoms with Crippen LogP contribution in [0.5, 0.6) is 5.75 Å². The van der Waals surface area contributed by atoms with Crippen molar-refractivity contribution in [3.8, 4) is 5.75 Å². The van der Waals surface area contributed by atoms with Crippen molar-refractivity contribution in [3.05, 3.63) is 47.3 Å². The molecule has 4 heteroatoms. The lowest BCUT2D eigenvalue weighted by Crippen LogP contribution is -2.16. The van der Waals surface area contributed by atoms with Crippen LogP contribution in [0.2, 0.25) is 0 Å². The quantitative estimate of drug-likeness (QED) is 0.865. The molecule has 1 aliphatic rings. The Morgan fingerprint density at radius 3 is 2.95 bits per heavy atom. The zero-order valence-electron chi connectivity index (χ0n) is 11.1. The van der Waals surface area contributed by atoms with Gasteiger partial charge in [0.15, 0.2) is 5.76 Å². The van der Waals surface area contributed by atoms with Crippen LogP contribution in [0.15, 0.2) is 34.9 Å². The minimum Gasteiger partial charge on any atom is -0.485 e. The highest BCUT2D eigenvalue weighted by molar-refractivity contribution is 5.33. The summed E-state index contributed by atoms with van der Waals surface area (Å²) in [5, 5.41) is 7.35. The van der Waals surface area contributed by atoms with Gasteiger partial charge in [0, 0.05) is 24.2 Å². The Kier molecular flexibility index (Phi) is 3.51. The van der Waals surface area contributed by atoms with E-state index >= 15 is 0 Å². The van der Waals surface area contributed by atoms with Crippen LogP contribution < -0.4 is 10.1 Å². The predicted molar refractivity (Wildman–Crippen MR) is 71.9 cm³/mol. The molecule has 0 amide bonds. The van der Waals surface area contributed by atoms with E-state index in [0.29, 0.717) is 12.6 Å². The number of para-hydroxylation sites is 1. The Hall–Kier alpha value is -1.81. The van der Waals surface area contributed by atoms with Gasteiger partial charge in [-0.25, -0.2) is 0 Å². The molecule has 4 nitrogen and oxygen atoms in total. The number of rotatable bonds is 6. The zero-order chi connectivity index (χ0) is 13.1. The summed E-state index contributed by atoms with van der Waals surface area (Å²) in [6, 6.07) is 10.7. The lowest BCUT2D eigenvalue weighted by molar-refractivity contribution is 0.246. The molecular weight excluding hydrogens is 240 g/mol. The summed E-state index contributed by atoms with van der Waals surface area (Å²) in [4.78, 5) is 0. The highest BCUT2D eigenvalue weighted by Gasteiger charge is 2.20. The van der Waals surface area contributed by atoms with Crippen molar-refractivity contribution in [2.45, 2.75) is 39.0 Å². The lowest BCUT2D eigenvalue weighted by Gasteiger charge is -2.10. The van der Waals surface area contributed by atoms with Gasteiger partial charge in [0.05, 0.1) is 5.69 Å². The molecule has 1 saturated carbocycles. The average Bonchev–Trinajstić information content (AvgIpc) is 3.17. The maximum atomic E-state index is 5.82. The summed E-state index contributed by atoms with van der Waals surface area (Å²) in [5.74, 6) is 1.66. The van der Waals surface area contributed by atoms with E-state index < -0.39 is 0 Å². The van der Waals surface area contributed by atoms with E-state index in [1.54, 1.807) is 0 Å². The first-order chi connectivity index (χ1) is 9.31. The van der Waals surface area contributed by atoms with Crippen molar-refractivity contribution in [3.63, 3.8) is 0 Å². The summed E-state index contributed by atoms with van der Waals surface area (Å²) < 4.78 is 11.0. The SMILES string of the molecule is Cc1cc(COc2ccccc2CNC2CC2)on1. The molecule has 100 valence electrons. The minimum atomic E-state index is 0.418. The van der Waals surface area contributed by atoms with Gasteiger partial charge in [-0.05, 0) is 25.8 Å². The third-order valence-corrected chi connectivity index (χ3v) is 3.18. The Morgan fingerprint density at radius 2 is 2.21 bits per heavy atom. The van der Waals surface area contributed by atoms with Gasteiger partial charge in [0.2, 0.25) is 0 Å². The number of aromatic nitrogens is 1. The topological polar surface area (TPSA) is 47.3 Å². The van der Waals surface area contributed by atoms with Gasteiger partial charge < -0.3 is 14.6 Å². The second-order valence-electron chi connectivity index (χ2n) is 4.99. The van der Waals surface area contributed by atoms with Gasteiger partial charge in [-0.3, -0.25) is 0 Å². The number of ether oxygens (including phenoxy) is 1. The maximum Gasteiger partial charge on any atom is 0.174 e. The summed E-state index contributed by atoms with van der Waals surface area (Å²) in [5.41, 5.74) is 2.06. The number of hydrogen-bond donors (Lipinski definition) is 1. The fourth-order valence-electron chi connectivity index (χ4n) is 1.97. The van der Waals surface area contributed by atoms with Gasteiger partial charge in [-0.1, -0.05) is 23.4 Å². The third-order valence-electron chi connectivity index (χ3n) is 3.18. The van der Waals surface area contributed by atoms with Crippen LogP contribution in [0.1, 0.15) is 29.9 Å². The van der Waals surface area contributed by atoms with E-state index in [1.165, 1.54) is 18.4 Å². The molecule has 0 atom stereocenters.